The predicted octanol–water partition coefficient (Wildman–Crippen LogP) is 4.58. The molecule has 1 aromatic heterocycles. The number of aromatic nitrogens is 1. The van der Waals surface area contributed by atoms with Crippen LogP contribution < -0.4 is 14.8 Å². The fourth-order valence-corrected chi connectivity index (χ4v) is 3.31. The number of halogens is 3. The fraction of sp³-hybridized carbons (Fsp3) is 0.176. The Morgan fingerprint density at radius 1 is 1.12 bits per heavy atom. The Morgan fingerprint density at radius 2 is 1.81 bits per heavy atom. The summed E-state index contributed by atoms with van der Waals surface area (Å²) in [5, 5.41) is 2.75. The minimum Gasteiger partial charge on any atom is -0.495 e. The quantitative estimate of drug-likeness (QED) is 0.717. The maximum absolute atomic E-state index is 12.8. The second-order valence-electron chi connectivity index (χ2n) is 5.20. The lowest BCUT2D eigenvalue weighted by Crippen LogP contribution is -2.13. The monoisotopic (exact) mass is 382 g/mol. The van der Waals surface area contributed by atoms with Crippen LogP contribution in [0.3, 0.4) is 0 Å². The molecule has 0 aliphatic carbocycles. The number of anilines is 1. The van der Waals surface area contributed by atoms with Crippen LogP contribution in [0.15, 0.2) is 36.4 Å². The molecular formula is C17H13F3N2O3S. The number of methoxy groups -OCH3 is 2. The molecule has 0 bridgehead atoms. The summed E-state index contributed by atoms with van der Waals surface area (Å²) in [5.41, 5.74) is -0.507. The van der Waals surface area contributed by atoms with Gasteiger partial charge in [0.2, 0.25) is 0 Å². The van der Waals surface area contributed by atoms with Gasteiger partial charge in [0.15, 0.2) is 5.13 Å². The average Bonchev–Trinajstić information content (AvgIpc) is 3.03. The third-order valence-corrected chi connectivity index (χ3v) is 4.57. The van der Waals surface area contributed by atoms with Crippen LogP contribution in [-0.2, 0) is 6.18 Å². The minimum atomic E-state index is -4.52. The van der Waals surface area contributed by atoms with E-state index in [4.69, 9.17) is 9.47 Å². The van der Waals surface area contributed by atoms with Crippen molar-refractivity contribution >= 4 is 32.6 Å². The summed E-state index contributed by atoms with van der Waals surface area (Å²) in [6.45, 7) is 0. The number of alkyl halides is 3. The number of hydrogen-bond donors (Lipinski definition) is 1. The lowest BCUT2D eigenvalue weighted by molar-refractivity contribution is -0.137. The van der Waals surface area contributed by atoms with Crippen LogP contribution in [0, 0.1) is 0 Å². The average molecular weight is 382 g/mol. The van der Waals surface area contributed by atoms with Gasteiger partial charge in [0.05, 0.1) is 19.8 Å². The Balaban J connectivity index is 1.93. The largest absolute Gasteiger partial charge is 0.495 e. The van der Waals surface area contributed by atoms with Gasteiger partial charge < -0.3 is 9.47 Å². The number of carbonyl (C=O) groups is 1. The third-order valence-electron chi connectivity index (χ3n) is 3.58. The van der Waals surface area contributed by atoms with Gasteiger partial charge in [0.25, 0.3) is 5.91 Å². The molecule has 1 heterocycles. The Kier molecular flexibility index (Phi) is 4.73. The SMILES string of the molecule is COc1ccc(OC)c2sc(NC(=O)c3cccc(C(F)(F)F)c3)nc12. The van der Waals surface area contributed by atoms with E-state index < -0.39 is 17.6 Å². The summed E-state index contributed by atoms with van der Waals surface area (Å²) in [4.78, 5) is 16.6. The van der Waals surface area contributed by atoms with Gasteiger partial charge >= 0.3 is 6.18 Å². The van der Waals surface area contributed by atoms with Crippen LogP contribution in [-0.4, -0.2) is 25.1 Å². The first kappa shape index (κ1) is 18.0. The predicted molar refractivity (Wildman–Crippen MR) is 92.1 cm³/mol. The van der Waals surface area contributed by atoms with Crippen molar-refractivity contribution in [3.63, 3.8) is 0 Å². The molecule has 2 aromatic carbocycles. The molecule has 3 rings (SSSR count). The summed E-state index contributed by atoms with van der Waals surface area (Å²) in [7, 11) is 2.99. The van der Waals surface area contributed by atoms with Crippen LogP contribution in [0.2, 0.25) is 0 Å². The van der Waals surface area contributed by atoms with Crippen molar-refractivity contribution in [3.05, 3.63) is 47.5 Å². The van der Waals surface area contributed by atoms with Crippen molar-refractivity contribution in [3.8, 4) is 11.5 Å². The fourth-order valence-electron chi connectivity index (χ4n) is 2.35. The van der Waals surface area contributed by atoms with Crippen LogP contribution in [0.4, 0.5) is 18.3 Å². The Morgan fingerprint density at radius 3 is 2.46 bits per heavy atom. The van der Waals surface area contributed by atoms with Crippen molar-refractivity contribution in [2.24, 2.45) is 0 Å². The van der Waals surface area contributed by atoms with Gasteiger partial charge in [-0.15, -0.1) is 0 Å². The summed E-state index contributed by atoms with van der Waals surface area (Å²) < 4.78 is 49.5. The highest BCUT2D eigenvalue weighted by atomic mass is 32.1. The molecular weight excluding hydrogens is 369 g/mol. The maximum atomic E-state index is 12.8. The third kappa shape index (κ3) is 3.43. The van der Waals surface area contributed by atoms with Gasteiger partial charge in [0.1, 0.15) is 21.7 Å². The summed E-state index contributed by atoms with van der Waals surface area (Å²) in [5.74, 6) is 0.363. The molecule has 0 spiro atoms. The molecule has 0 aliphatic rings. The number of thiazole rings is 1. The summed E-state index contributed by atoms with van der Waals surface area (Å²) in [6, 6.07) is 7.58. The standard InChI is InChI=1S/C17H13F3N2O3S/c1-24-11-6-7-12(25-2)14-13(11)21-16(26-14)22-15(23)9-4-3-5-10(8-9)17(18,19)20/h3-8H,1-2H3,(H,21,22,23). The van der Waals surface area contributed by atoms with Gasteiger partial charge in [-0.25, -0.2) is 4.98 Å². The van der Waals surface area contributed by atoms with Crippen LogP contribution in [0.25, 0.3) is 10.2 Å². The molecule has 0 fully saturated rings. The van der Waals surface area contributed by atoms with Gasteiger partial charge in [0, 0.05) is 5.56 Å². The number of ether oxygens (including phenoxy) is 2. The molecule has 3 aromatic rings. The number of carbonyl (C=O) groups excluding carboxylic acids is 1. The van der Waals surface area contributed by atoms with E-state index in [0.29, 0.717) is 21.7 Å². The van der Waals surface area contributed by atoms with Crippen molar-refractivity contribution in [2.45, 2.75) is 6.18 Å². The first-order valence-corrected chi connectivity index (χ1v) is 8.15. The highest BCUT2D eigenvalue weighted by Crippen LogP contribution is 2.39. The summed E-state index contributed by atoms with van der Waals surface area (Å²) >= 11 is 1.14. The molecule has 0 atom stereocenters. The first-order valence-electron chi connectivity index (χ1n) is 7.33. The molecule has 1 N–H and O–H groups in total. The molecule has 0 saturated heterocycles. The zero-order chi connectivity index (χ0) is 18.9. The molecule has 0 radical (unpaired) electrons. The number of fused-ring (bicyclic) bond motifs is 1. The molecule has 1 amide bonds. The van der Waals surface area contributed by atoms with E-state index in [-0.39, 0.29) is 10.7 Å². The zero-order valence-corrected chi connectivity index (χ0v) is 14.5. The smallest absolute Gasteiger partial charge is 0.416 e. The highest BCUT2D eigenvalue weighted by Gasteiger charge is 2.31. The molecule has 5 nitrogen and oxygen atoms in total. The van der Waals surface area contributed by atoms with Crippen molar-refractivity contribution in [1.82, 2.24) is 4.98 Å². The van der Waals surface area contributed by atoms with Gasteiger partial charge in [-0.2, -0.15) is 13.2 Å². The van der Waals surface area contributed by atoms with E-state index in [1.165, 1.54) is 26.4 Å². The van der Waals surface area contributed by atoms with Gasteiger partial charge in [-0.05, 0) is 30.3 Å². The zero-order valence-electron chi connectivity index (χ0n) is 13.7. The van der Waals surface area contributed by atoms with E-state index >= 15 is 0 Å². The Bertz CT molecular complexity index is 929. The van der Waals surface area contributed by atoms with Crippen LogP contribution in [0.5, 0.6) is 11.5 Å². The lowest BCUT2D eigenvalue weighted by atomic mass is 10.1. The van der Waals surface area contributed by atoms with Gasteiger partial charge in [-0.1, -0.05) is 17.4 Å². The molecule has 136 valence electrons. The van der Waals surface area contributed by atoms with Crippen LogP contribution >= 0.6 is 11.3 Å². The van der Waals surface area contributed by atoms with E-state index in [0.717, 1.165) is 23.5 Å². The molecule has 0 saturated carbocycles. The second-order valence-corrected chi connectivity index (χ2v) is 6.20. The van der Waals surface area contributed by atoms with E-state index in [2.05, 4.69) is 10.3 Å². The van der Waals surface area contributed by atoms with E-state index in [1.807, 2.05) is 0 Å². The number of rotatable bonds is 4. The van der Waals surface area contributed by atoms with Crippen LogP contribution in [0.1, 0.15) is 15.9 Å². The van der Waals surface area contributed by atoms with Crippen molar-refractivity contribution < 1.29 is 27.4 Å². The summed E-state index contributed by atoms with van der Waals surface area (Å²) in [6.07, 6.45) is -4.52. The number of benzene rings is 2. The number of nitrogens with zero attached hydrogens (tertiary/aromatic N) is 1. The molecule has 0 unspecified atom stereocenters. The Labute approximate surface area is 150 Å². The molecule has 0 aliphatic heterocycles. The second kappa shape index (κ2) is 6.83. The highest BCUT2D eigenvalue weighted by molar-refractivity contribution is 7.22. The number of amides is 1. The van der Waals surface area contributed by atoms with Crippen molar-refractivity contribution in [1.29, 1.82) is 0 Å². The number of nitrogens with one attached hydrogen (secondary N) is 1. The maximum Gasteiger partial charge on any atom is 0.416 e. The first-order chi connectivity index (χ1) is 12.3. The molecule has 26 heavy (non-hydrogen) atoms. The molecule has 9 heteroatoms. The number of hydrogen-bond acceptors (Lipinski definition) is 5. The lowest BCUT2D eigenvalue weighted by Gasteiger charge is -2.08. The minimum absolute atomic E-state index is 0.113. The van der Waals surface area contributed by atoms with Crippen molar-refractivity contribution in [2.75, 3.05) is 19.5 Å². The Hall–Kier alpha value is -2.81. The normalized spacial score (nSPS) is 11.4. The van der Waals surface area contributed by atoms with E-state index in [1.54, 1.807) is 12.1 Å². The van der Waals surface area contributed by atoms with E-state index in [9.17, 15) is 18.0 Å². The van der Waals surface area contributed by atoms with Gasteiger partial charge in [-0.3, -0.25) is 10.1 Å². The topological polar surface area (TPSA) is 60.5 Å².